The van der Waals surface area contributed by atoms with Gasteiger partial charge in [-0.2, -0.15) is 0 Å². The average Bonchev–Trinajstić information content (AvgIpc) is 3.07. The monoisotopic (exact) mass is 615 g/mol. The molecule has 3 nitrogen and oxygen atoms in total. The quantitative estimate of drug-likeness (QED) is 0.128. The predicted molar refractivity (Wildman–Crippen MR) is 186 cm³/mol. The van der Waals surface area contributed by atoms with Gasteiger partial charge in [0.1, 0.15) is 5.78 Å². The molecular formula is C41H74O3. The summed E-state index contributed by atoms with van der Waals surface area (Å²) in [5.41, 5.74) is 0. The molecule has 0 saturated heterocycles. The van der Waals surface area contributed by atoms with Crippen LogP contribution in [0.5, 0.6) is 0 Å². The van der Waals surface area contributed by atoms with E-state index in [2.05, 4.69) is 13.8 Å². The molecule has 0 atom stereocenters. The summed E-state index contributed by atoms with van der Waals surface area (Å²) in [5.74, 6) is 5.64. The molecule has 0 amide bonds. The lowest BCUT2D eigenvalue weighted by atomic mass is 9.80. The normalized spacial score (nSPS) is 33.3. The number of unbranched alkanes of at least 4 members (excludes halogenated alkanes) is 4. The second-order valence-electron chi connectivity index (χ2n) is 16.3. The molecule has 0 aromatic carbocycles. The third-order valence-corrected chi connectivity index (χ3v) is 12.8. The minimum absolute atomic E-state index is 0.485. The van der Waals surface area contributed by atoms with Crippen molar-refractivity contribution in [1.82, 2.24) is 0 Å². The van der Waals surface area contributed by atoms with Crippen LogP contribution in [0, 0.1) is 35.5 Å². The van der Waals surface area contributed by atoms with E-state index < -0.39 is 0 Å². The Labute approximate surface area is 274 Å². The third-order valence-electron chi connectivity index (χ3n) is 12.8. The van der Waals surface area contributed by atoms with E-state index in [-0.39, 0.29) is 0 Å². The van der Waals surface area contributed by atoms with Crippen LogP contribution in [-0.2, 0) is 14.3 Å². The maximum atomic E-state index is 12.8. The second kappa shape index (κ2) is 21.5. The van der Waals surface area contributed by atoms with E-state index >= 15 is 0 Å². The van der Waals surface area contributed by atoms with E-state index in [1.54, 1.807) is 0 Å². The Bertz CT molecular complexity index is 658. The maximum absolute atomic E-state index is 12.8. The van der Waals surface area contributed by atoms with Crippen LogP contribution in [0.4, 0.5) is 0 Å². The van der Waals surface area contributed by atoms with E-state index in [4.69, 9.17) is 9.47 Å². The fourth-order valence-electron chi connectivity index (χ4n) is 9.31. The number of rotatable bonds is 20. The molecule has 0 spiro atoms. The lowest BCUT2D eigenvalue weighted by Crippen LogP contribution is -2.26. The minimum Gasteiger partial charge on any atom is -0.378 e. The van der Waals surface area contributed by atoms with Crippen molar-refractivity contribution in [2.75, 3.05) is 13.2 Å². The smallest absolute Gasteiger partial charge is 0.132 e. The number of Topliss-reactive ketones (excluding diaryl/α,β-unsaturated/α-hetero) is 1. The van der Waals surface area contributed by atoms with Crippen LogP contribution in [-0.4, -0.2) is 31.2 Å². The zero-order valence-corrected chi connectivity index (χ0v) is 29.6. The van der Waals surface area contributed by atoms with Gasteiger partial charge in [0.25, 0.3) is 0 Å². The lowest BCUT2D eigenvalue weighted by molar-refractivity contribution is -0.119. The third kappa shape index (κ3) is 14.1. The van der Waals surface area contributed by atoms with Gasteiger partial charge in [0, 0.05) is 26.1 Å². The van der Waals surface area contributed by atoms with Gasteiger partial charge in [0.2, 0.25) is 0 Å². The molecule has 3 heteroatoms. The van der Waals surface area contributed by atoms with Crippen molar-refractivity contribution in [1.29, 1.82) is 0 Å². The maximum Gasteiger partial charge on any atom is 0.132 e. The van der Waals surface area contributed by atoms with Crippen molar-refractivity contribution >= 4 is 5.78 Å². The Morgan fingerprint density at radius 1 is 0.432 bits per heavy atom. The van der Waals surface area contributed by atoms with Crippen LogP contribution < -0.4 is 0 Å². The molecule has 4 rings (SSSR count). The topological polar surface area (TPSA) is 35.5 Å². The highest BCUT2D eigenvalue weighted by Gasteiger charge is 2.27. The molecule has 0 aromatic rings. The fourth-order valence-corrected chi connectivity index (χ4v) is 9.31. The first kappa shape index (κ1) is 36.4. The summed E-state index contributed by atoms with van der Waals surface area (Å²) in [6.45, 7) is 6.63. The molecule has 44 heavy (non-hydrogen) atoms. The summed E-state index contributed by atoms with van der Waals surface area (Å²) in [5, 5.41) is 0. The van der Waals surface area contributed by atoms with E-state index in [0.717, 1.165) is 74.4 Å². The number of ketones is 1. The van der Waals surface area contributed by atoms with Gasteiger partial charge in [-0.05, 0) is 125 Å². The fraction of sp³-hybridized carbons (Fsp3) is 0.976. The standard InChI is InChI=1S/C41H74O3/c1-3-5-7-9-33-11-15-37(16-12-33)31-43-40-27-21-35(22-28-40)19-25-39(42)26-20-36-23-29-41(30-24-36)44-32-38-17-13-34(14-18-38)10-8-6-4-2/h33-38,40-41H,3-32H2,1-2H3/t33-,34-,35-,36?,37-,38-,40-,41?. The van der Waals surface area contributed by atoms with Gasteiger partial charge in [0.15, 0.2) is 0 Å². The SMILES string of the molecule is CCCCC[C@H]1CC[C@H](COC2CCC(CCC(=O)CC[C@H]3CC[C@H](OC[C@H]4CC[C@H](CCCCC)CC4)CC3)CC2)CC1. The zero-order valence-electron chi connectivity index (χ0n) is 29.6. The van der Waals surface area contributed by atoms with Crippen molar-refractivity contribution in [3.63, 3.8) is 0 Å². The molecule has 0 aliphatic heterocycles. The van der Waals surface area contributed by atoms with Crippen molar-refractivity contribution in [2.45, 2.75) is 206 Å². The Balaban J connectivity index is 0.954. The molecule has 4 aliphatic carbocycles. The number of hydrogen-bond acceptors (Lipinski definition) is 3. The van der Waals surface area contributed by atoms with Crippen molar-refractivity contribution in [2.24, 2.45) is 35.5 Å². The summed E-state index contributed by atoms with van der Waals surface area (Å²) in [6, 6.07) is 0. The minimum atomic E-state index is 0.485. The molecule has 0 aromatic heterocycles. The van der Waals surface area contributed by atoms with E-state index in [1.807, 2.05) is 0 Å². The second-order valence-corrected chi connectivity index (χ2v) is 16.3. The van der Waals surface area contributed by atoms with Crippen LogP contribution in [0.1, 0.15) is 194 Å². The molecule has 0 N–H and O–H groups in total. The number of ether oxygens (including phenoxy) is 2. The Kier molecular flexibility index (Phi) is 17.8. The van der Waals surface area contributed by atoms with Crippen LogP contribution in [0.15, 0.2) is 0 Å². The zero-order chi connectivity index (χ0) is 30.8. The van der Waals surface area contributed by atoms with Gasteiger partial charge in [0.05, 0.1) is 12.2 Å². The predicted octanol–water partition coefficient (Wildman–Crippen LogP) is 12.0. The van der Waals surface area contributed by atoms with Gasteiger partial charge in [-0.15, -0.1) is 0 Å². The Hall–Kier alpha value is -0.410. The highest BCUT2D eigenvalue weighted by atomic mass is 16.5. The summed E-state index contributed by atoms with van der Waals surface area (Å²) >= 11 is 0. The summed E-state index contributed by atoms with van der Waals surface area (Å²) < 4.78 is 12.9. The van der Waals surface area contributed by atoms with Crippen LogP contribution in [0.2, 0.25) is 0 Å². The van der Waals surface area contributed by atoms with Crippen LogP contribution in [0.3, 0.4) is 0 Å². The Morgan fingerprint density at radius 3 is 1.11 bits per heavy atom. The number of hydrogen-bond donors (Lipinski definition) is 0. The first-order chi connectivity index (χ1) is 21.6. The first-order valence-electron chi connectivity index (χ1n) is 20.4. The molecule has 0 unspecified atom stereocenters. The summed E-state index contributed by atoms with van der Waals surface area (Å²) in [7, 11) is 0. The van der Waals surface area contributed by atoms with Crippen LogP contribution in [0.25, 0.3) is 0 Å². The van der Waals surface area contributed by atoms with Crippen molar-refractivity contribution in [3.05, 3.63) is 0 Å². The molecular weight excluding hydrogens is 540 g/mol. The molecule has 0 bridgehead atoms. The Morgan fingerprint density at radius 2 is 0.750 bits per heavy atom. The van der Waals surface area contributed by atoms with E-state index in [1.165, 1.54) is 154 Å². The molecule has 4 aliphatic rings. The molecule has 256 valence electrons. The van der Waals surface area contributed by atoms with Gasteiger partial charge in [-0.25, -0.2) is 0 Å². The van der Waals surface area contributed by atoms with Gasteiger partial charge < -0.3 is 9.47 Å². The summed E-state index contributed by atoms with van der Waals surface area (Å²) in [6.07, 6.45) is 37.4. The molecule has 4 fully saturated rings. The largest absolute Gasteiger partial charge is 0.378 e. The molecule has 4 saturated carbocycles. The van der Waals surface area contributed by atoms with E-state index in [9.17, 15) is 4.79 Å². The number of carbonyl (C=O) groups excluding carboxylic acids is 1. The lowest BCUT2D eigenvalue weighted by Gasteiger charge is -2.32. The van der Waals surface area contributed by atoms with Crippen molar-refractivity contribution in [3.8, 4) is 0 Å². The van der Waals surface area contributed by atoms with E-state index in [0.29, 0.717) is 18.0 Å². The average molecular weight is 615 g/mol. The number of carbonyl (C=O) groups is 1. The first-order valence-corrected chi connectivity index (χ1v) is 20.4. The van der Waals surface area contributed by atoms with Crippen LogP contribution >= 0.6 is 0 Å². The highest BCUT2D eigenvalue weighted by Crippen LogP contribution is 2.36. The van der Waals surface area contributed by atoms with Gasteiger partial charge in [-0.3, -0.25) is 4.79 Å². The van der Waals surface area contributed by atoms with Crippen molar-refractivity contribution < 1.29 is 14.3 Å². The summed E-state index contributed by atoms with van der Waals surface area (Å²) in [4.78, 5) is 12.8. The highest BCUT2D eigenvalue weighted by molar-refractivity contribution is 5.78. The molecule has 0 heterocycles. The molecule has 0 radical (unpaired) electrons. The van der Waals surface area contributed by atoms with Gasteiger partial charge >= 0.3 is 0 Å². The van der Waals surface area contributed by atoms with Gasteiger partial charge in [-0.1, -0.05) is 90.9 Å².